The number of nitrogens with one attached hydrogen (secondary N) is 1. The van der Waals surface area contributed by atoms with Gasteiger partial charge >= 0.3 is 0 Å². The summed E-state index contributed by atoms with van der Waals surface area (Å²) >= 11 is 18.1. The van der Waals surface area contributed by atoms with E-state index in [-0.39, 0.29) is 12.1 Å². The normalized spacial score (nSPS) is 17.8. The lowest BCUT2D eigenvalue weighted by Gasteiger charge is -2.27. The maximum Gasteiger partial charge on any atom is 0.174 e. The van der Waals surface area contributed by atoms with Gasteiger partial charge in [-0.2, -0.15) is 0 Å². The van der Waals surface area contributed by atoms with E-state index in [2.05, 4.69) is 10.3 Å². The molecule has 3 heterocycles. The molecule has 1 aliphatic heterocycles. The van der Waals surface area contributed by atoms with Crippen LogP contribution in [-0.2, 0) is 0 Å². The first-order chi connectivity index (χ1) is 16.1. The van der Waals surface area contributed by atoms with E-state index in [1.165, 1.54) is 0 Å². The fraction of sp³-hybridized carbons (Fsp3) is 0.120. The molecule has 0 saturated carbocycles. The largest absolute Gasteiger partial charge is 0.495 e. The van der Waals surface area contributed by atoms with Gasteiger partial charge in [-0.25, -0.2) is 0 Å². The molecule has 2 aromatic carbocycles. The minimum Gasteiger partial charge on any atom is -0.495 e. The smallest absolute Gasteiger partial charge is 0.174 e. The SMILES string of the molecule is COc1ccccc1N1C(=S)N[C@H](c2ccccn2)[C@H]1c1ccc(-c2ccc(Cl)c(Cl)c2)o1. The second kappa shape index (κ2) is 9.06. The second-order valence-electron chi connectivity index (χ2n) is 7.50. The summed E-state index contributed by atoms with van der Waals surface area (Å²) in [5.74, 6) is 2.12. The lowest BCUT2D eigenvalue weighted by Crippen LogP contribution is -2.29. The van der Waals surface area contributed by atoms with Crippen LogP contribution in [0.5, 0.6) is 5.75 Å². The van der Waals surface area contributed by atoms with Gasteiger partial charge in [-0.15, -0.1) is 0 Å². The van der Waals surface area contributed by atoms with Crippen LogP contribution < -0.4 is 15.0 Å². The van der Waals surface area contributed by atoms with Gasteiger partial charge in [0.1, 0.15) is 23.3 Å². The predicted molar refractivity (Wildman–Crippen MR) is 135 cm³/mol. The van der Waals surface area contributed by atoms with Crippen LogP contribution in [0, 0.1) is 0 Å². The molecule has 0 radical (unpaired) electrons. The van der Waals surface area contributed by atoms with E-state index < -0.39 is 0 Å². The number of nitrogens with zero attached hydrogens (tertiary/aromatic N) is 2. The maximum atomic E-state index is 6.36. The fourth-order valence-electron chi connectivity index (χ4n) is 4.05. The third-order valence-corrected chi connectivity index (χ3v) is 6.62. The van der Waals surface area contributed by atoms with Gasteiger partial charge in [-0.1, -0.05) is 41.4 Å². The first-order valence-electron chi connectivity index (χ1n) is 10.3. The molecule has 5 rings (SSSR count). The number of benzene rings is 2. The Hall–Kier alpha value is -3.06. The Balaban J connectivity index is 1.62. The third-order valence-electron chi connectivity index (χ3n) is 5.57. The molecule has 5 nitrogen and oxygen atoms in total. The quantitative estimate of drug-likeness (QED) is 0.306. The van der Waals surface area contributed by atoms with Crippen molar-refractivity contribution in [2.45, 2.75) is 12.1 Å². The van der Waals surface area contributed by atoms with E-state index in [0.29, 0.717) is 26.7 Å². The number of anilines is 1. The molecule has 1 aliphatic rings. The van der Waals surface area contributed by atoms with Crippen molar-refractivity contribution >= 4 is 46.2 Å². The minimum atomic E-state index is -0.291. The topological polar surface area (TPSA) is 50.5 Å². The number of pyridine rings is 1. The van der Waals surface area contributed by atoms with Crippen LogP contribution in [0.4, 0.5) is 5.69 Å². The van der Waals surface area contributed by atoms with Crippen LogP contribution in [0.2, 0.25) is 10.0 Å². The molecular formula is C25H19Cl2N3O2S. The summed E-state index contributed by atoms with van der Waals surface area (Å²) in [6.45, 7) is 0. The third kappa shape index (κ3) is 4.06. The summed E-state index contributed by atoms with van der Waals surface area (Å²) in [7, 11) is 1.64. The maximum absolute atomic E-state index is 6.36. The van der Waals surface area contributed by atoms with Crippen molar-refractivity contribution in [2.75, 3.05) is 12.0 Å². The zero-order chi connectivity index (χ0) is 22.9. The number of halogens is 2. The standard InChI is InChI=1S/C25H19Cl2N3O2S/c1-31-21-8-3-2-7-19(21)30-24(23(29-25(30)33)18-6-4-5-13-28-18)22-12-11-20(32-22)15-9-10-16(26)17(27)14-15/h2-14,23-24H,1H3,(H,29,33)/t23-,24-/m1/s1. The lowest BCUT2D eigenvalue weighted by atomic mass is 10.0. The number of furan rings is 1. The molecule has 2 aromatic heterocycles. The molecule has 1 fully saturated rings. The zero-order valence-corrected chi connectivity index (χ0v) is 19.9. The Morgan fingerprint density at radius 2 is 1.82 bits per heavy atom. The number of methoxy groups -OCH3 is 1. The highest BCUT2D eigenvalue weighted by molar-refractivity contribution is 7.80. The Bertz CT molecular complexity index is 1310. The van der Waals surface area contributed by atoms with Crippen molar-refractivity contribution in [1.29, 1.82) is 0 Å². The molecular weight excluding hydrogens is 477 g/mol. The monoisotopic (exact) mass is 495 g/mol. The van der Waals surface area contributed by atoms with Crippen LogP contribution in [0.25, 0.3) is 11.3 Å². The molecule has 8 heteroatoms. The van der Waals surface area contributed by atoms with Gasteiger partial charge < -0.3 is 19.4 Å². The van der Waals surface area contributed by atoms with Gasteiger partial charge in [0.25, 0.3) is 0 Å². The summed E-state index contributed by atoms with van der Waals surface area (Å²) in [4.78, 5) is 6.59. The number of ether oxygens (including phenoxy) is 1. The van der Waals surface area contributed by atoms with E-state index in [1.54, 1.807) is 25.4 Å². The molecule has 4 aromatic rings. The average Bonchev–Trinajstić information content (AvgIpc) is 3.46. The van der Waals surface area contributed by atoms with E-state index in [0.717, 1.165) is 22.7 Å². The first kappa shape index (κ1) is 21.8. The van der Waals surface area contributed by atoms with Crippen LogP contribution in [-0.4, -0.2) is 17.2 Å². The highest BCUT2D eigenvalue weighted by Crippen LogP contribution is 2.45. The number of para-hydroxylation sites is 2. The van der Waals surface area contributed by atoms with E-state index >= 15 is 0 Å². The number of aromatic nitrogens is 1. The van der Waals surface area contributed by atoms with Gasteiger partial charge in [0.2, 0.25) is 0 Å². The van der Waals surface area contributed by atoms with Crippen LogP contribution >= 0.6 is 35.4 Å². The Kier molecular flexibility index (Phi) is 5.98. The van der Waals surface area contributed by atoms with Gasteiger partial charge in [-0.05, 0) is 66.8 Å². The summed E-state index contributed by atoms with van der Waals surface area (Å²) in [6.07, 6.45) is 1.77. The van der Waals surface area contributed by atoms with Gasteiger partial charge in [-0.3, -0.25) is 4.98 Å². The molecule has 0 amide bonds. The molecule has 2 atom stereocenters. The van der Waals surface area contributed by atoms with Crippen LogP contribution in [0.3, 0.4) is 0 Å². The zero-order valence-electron chi connectivity index (χ0n) is 17.5. The summed E-state index contributed by atoms with van der Waals surface area (Å²) in [5.41, 5.74) is 2.53. The number of hydrogen-bond donors (Lipinski definition) is 1. The van der Waals surface area contributed by atoms with E-state index in [4.69, 9.17) is 44.6 Å². The molecule has 0 aliphatic carbocycles. The first-order valence-corrected chi connectivity index (χ1v) is 11.4. The molecule has 0 unspecified atom stereocenters. The highest BCUT2D eigenvalue weighted by Gasteiger charge is 2.43. The van der Waals surface area contributed by atoms with E-state index in [9.17, 15) is 0 Å². The lowest BCUT2D eigenvalue weighted by molar-refractivity contribution is 0.409. The van der Waals surface area contributed by atoms with Gasteiger partial charge in [0, 0.05) is 11.8 Å². The van der Waals surface area contributed by atoms with Crippen molar-refractivity contribution in [3.8, 4) is 17.1 Å². The van der Waals surface area contributed by atoms with Crippen molar-refractivity contribution in [2.24, 2.45) is 0 Å². The average molecular weight is 496 g/mol. The Morgan fingerprint density at radius 1 is 1.00 bits per heavy atom. The molecule has 0 bridgehead atoms. The molecule has 1 saturated heterocycles. The molecule has 0 spiro atoms. The summed E-state index contributed by atoms with van der Waals surface area (Å²) in [6, 6.07) is 22.4. The van der Waals surface area contributed by atoms with Crippen LogP contribution in [0.1, 0.15) is 23.5 Å². The second-order valence-corrected chi connectivity index (χ2v) is 8.70. The number of hydrogen-bond acceptors (Lipinski definition) is 4. The summed E-state index contributed by atoms with van der Waals surface area (Å²) in [5, 5.41) is 4.95. The van der Waals surface area contributed by atoms with Crippen molar-refractivity contribution in [1.82, 2.24) is 10.3 Å². The highest BCUT2D eigenvalue weighted by atomic mass is 35.5. The van der Waals surface area contributed by atoms with Crippen LogP contribution in [0.15, 0.2) is 83.4 Å². The predicted octanol–water partition coefficient (Wildman–Crippen LogP) is 6.83. The van der Waals surface area contributed by atoms with Crippen molar-refractivity contribution in [3.63, 3.8) is 0 Å². The summed E-state index contributed by atoms with van der Waals surface area (Å²) < 4.78 is 12.0. The fourth-order valence-corrected chi connectivity index (χ4v) is 4.69. The number of thiocarbonyl (C=S) groups is 1. The van der Waals surface area contributed by atoms with Crippen molar-refractivity contribution < 1.29 is 9.15 Å². The number of rotatable bonds is 5. The molecule has 33 heavy (non-hydrogen) atoms. The Labute approximate surface area is 206 Å². The Morgan fingerprint density at radius 3 is 2.58 bits per heavy atom. The van der Waals surface area contributed by atoms with Gasteiger partial charge in [0.15, 0.2) is 5.11 Å². The molecule has 1 N–H and O–H groups in total. The van der Waals surface area contributed by atoms with Gasteiger partial charge in [0.05, 0.1) is 34.6 Å². The molecule has 166 valence electrons. The van der Waals surface area contributed by atoms with Crippen molar-refractivity contribution in [3.05, 3.63) is 100 Å². The minimum absolute atomic E-state index is 0.226. The van der Waals surface area contributed by atoms with E-state index in [1.807, 2.05) is 65.6 Å².